The highest BCUT2D eigenvalue weighted by Gasteiger charge is 2.18. The number of nitrogens with zero attached hydrogens (tertiary/aromatic N) is 1. The van der Waals surface area contributed by atoms with Crippen LogP contribution in [0, 0.1) is 0 Å². The van der Waals surface area contributed by atoms with E-state index in [1.54, 1.807) is 25.1 Å². The van der Waals surface area contributed by atoms with Gasteiger partial charge in [0, 0.05) is 17.3 Å². The average molecular weight is 348 g/mol. The number of anilines is 1. The van der Waals surface area contributed by atoms with E-state index in [4.69, 9.17) is 21.1 Å². The molecule has 0 spiro atoms. The van der Waals surface area contributed by atoms with Crippen LogP contribution in [-0.2, 0) is 11.2 Å². The van der Waals surface area contributed by atoms with E-state index in [1.165, 1.54) is 5.56 Å². The van der Waals surface area contributed by atoms with Crippen LogP contribution in [0.15, 0.2) is 48.5 Å². The van der Waals surface area contributed by atoms with Crippen LogP contribution in [0.2, 0.25) is 5.02 Å². The first kappa shape index (κ1) is 18.1. The molecular weight excluding hydrogens is 326 g/mol. The molecular formula is C19H22ClNO3. The minimum absolute atomic E-state index is 0.468. The molecule has 0 aliphatic rings. The van der Waals surface area contributed by atoms with Crippen molar-refractivity contribution in [3.05, 3.63) is 59.1 Å². The zero-order valence-corrected chi connectivity index (χ0v) is 14.9. The zero-order valence-electron chi connectivity index (χ0n) is 14.2. The fourth-order valence-electron chi connectivity index (χ4n) is 2.42. The van der Waals surface area contributed by atoms with E-state index in [2.05, 4.69) is 6.92 Å². The molecule has 2 rings (SSSR count). The number of rotatable bonds is 6. The normalized spacial score (nSPS) is 11.7. The second-order valence-corrected chi connectivity index (χ2v) is 5.77. The minimum atomic E-state index is -0.729. The molecule has 0 heterocycles. The zero-order chi connectivity index (χ0) is 17.5. The van der Waals surface area contributed by atoms with Crippen LogP contribution in [0.3, 0.4) is 0 Å². The van der Waals surface area contributed by atoms with Gasteiger partial charge in [0.05, 0.1) is 0 Å². The summed E-state index contributed by atoms with van der Waals surface area (Å²) < 4.78 is 10.6. The molecule has 0 saturated heterocycles. The summed E-state index contributed by atoms with van der Waals surface area (Å²) in [6.45, 7) is 6.52. The Hall–Kier alpha value is -2.20. The van der Waals surface area contributed by atoms with Gasteiger partial charge in [-0.15, -0.1) is 0 Å². The lowest BCUT2D eigenvalue weighted by molar-refractivity contribution is 0.0645. The highest BCUT2D eigenvalue weighted by atomic mass is 35.5. The van der Waals surface area contributed by atoms with Gasteiger partial charge in [0.15, 0.2) is 6.23 Å². The molecule has 4 nitrogen and oxygen atoms in total. The predicted molar refractivity (Wildman–Crippen MR) is 96.9 cm³/mol. The van der Waals surface area contributed by atoms with Gasteiger partial charge in [-0.25, -0.2) is 4.79 Å². The third-order valence-corrected chi connectivity index (χ3v) is 3.95. The number of hydrogen-bond acceptors (Lipinski definition) is 4. The highest BCUT2D eigenvalue weighted by molar-refractivity contribution is 6.30. The molecule has 128 valence electrons. The molecule has 24 heavy (non-hydrogen) atoms. The number of aryl methyl sites for hydroxylation is 1. The minimum Gasteiger partial charge on any atom is -0.410 e. The van der Waals surface area contributed by atoms with Gasteiger partial charge in [0.1, 0.15) is 5.75 Å². The van der Waals surface area contributed by atoms with Crippen LogP contribution in [0.25, 0.3) is 0 Å². The van der Waals surface area contributed by atoms with Crippen molar-refractivity contribution >= 4 is 23.4 Å². The smallest absolute Gasteiger partial charge is 0.410 e. The van der Waals surface area contributed by atoms with Gasteiger partial charge in [-0.2, -0.15) is 0 Å². The molecule has 0 bridgehead atoms. The lowest BCUT2D eigenvalue weighted by Crippen LogP contribution is -2.37. The predicted octanol–water partition coefficient (Wildman–Crippen LogP) is 5.29. The second-order valence-electron chi connectivity index (χ2n) is 5.33. The Bertz CT molecular complexity index is 673. The van der Waals surface area contributed by atoms with Crippen molar-refractivity contribution in [2.45, 2.75) is 33.4 Å². The van der Waals surface area contributed by atoms with Gasteiger partial charge >= 0.3 is 6.16 Å². The summed E-state index contributed by atoms with van der Waals surface area (Å²) in [4.78, 5) is 13.9. The Morgan fingerprint density at radius 2 is 1.88 bits per heavy atom. The lowest BCUT2D eigenvalue weighted by atomic mass is 10.2. The van der Waals surface area contributed by atoms with Gasteiger partial charge in [-0.05, 0) is 56.2 Å². The molecule has 0 amide bonds. The summed E-state index contributed by atoms with van der Waals surface area (Å²) >= 11 is 6.03. The largest absolute Gasteiger partial charge is 0.515 e. The first-order valence-corrected chi connectivity index (χ1v) is 8.41. The van der Waals surface area contributed by atoms with E-state index in [-0.39, 0.29) is 0 Å². The fourth-order valence-corrected chi connectivity index (χ4v) is 2.61. The third kappa shape index (κ3) is 4.90. The van der Waals surface area contributed by atoms with Crippen LogP contribution in [0.5, 0.6) is 5.75 Å². The molecule has 0 saturated carbocycles. The summed E-state index contributed by atoms with van der Waals surface area (Å²) in [7, 11) is 0. The van der Waals surface area contributed by atoms with Crippen LogP contribution in [0.1, 0.15) is 26.3 Å². The highest BCUT2D eigenvalue weighted by Crippen LogP contribution is 2.22. The number of carbonyl (C=O) groups is 1. The van der Waals surface area contributed by atoms with Crippen LogP contribution >= 0.6 is 11.6 Å². The molecule has 0 radical (unpaired) electrons. The quantitative estimate of drug-likeness (QED) is 0.404. The molecule has 2 aromatic rings. The number of hydrogen-bond donors (Lipinski definition) is 0. The molecule has 0 fully saturated rings. The molecule has 1 atom stereocenters. The van der Waals surface area contributed by atoms with Crippen molar-refractivity contribution in [1.82, 2.24) is 0 Å². The monoisotopic (exact) mass is 347 g/mol. The maximum absolute atomic E-state index is 12.0. The first-order valence-electron chi connectivity index (χ1n) is 8.03. The van der Waals surface area contributed by atoms with Gasteiger partial charge in [0.25, 0.3) is 0 Å². The number of halogens is 1. The topological polar surface area (TPSA) is 38.8 Å². The Balaban J connectivity index is 1.98. The summed E-state index contributed by atoms with van der Waals surface area (Å²) in [5.74, 6) is 0.468. The number of benzene rings is 2. The average Bonchev–Trinajstić information content (AvgIpc) is 2.56. The van der Waals surface area contributed by atoms with E-state index in [0.717, 1.165) is 12.1 Å². The van der Waals surface area contributed by atoms with Crippen molar-refractivity contribution in [2.24, 2.45) is 0 Å². The summed E-state index contributed by atoms with van der Waals surface area (Å²) in [6.07, 6.45) is -0.268. The van der Waals surface area contributed by atoms with E-state index < -0.39 is 12.4 Å². The SMILES string of the molecule is CCc1ccc(OC(=O)OC(C)N(CC)c2cccc(Cl)c2)cc1. The number of ether oxygens (including phenoxy) is 2. The molecule has 2 aromatic carbocycles. The fraction of sp³-hybridized carbons (Fsp3) is 0.316. The van der Waals surface area contributed by atoms with Crippen molar-refractivity contribution in [2.75, 3.05) is 11.4 Å². The first-order chi connectivity index (χ1) is 11.5. The lowest BCUT2D eigenvalue weighted by Gasteiger charge is -2.29. The summed E-state index contributed by atoms with van der Waals surface area (Å²) in [5.41, 5.74) is 2.07. The van der Waals surface area contributed by atoms with E-state index in [0.29, 0.717) is 17.3 Å². The summed E-state index contributed by atoms with van der Waals surface area (Å²) in [5, 5.41) is 0.636. The van der Waals surface area contributed by atoms with Crippen LogP contribution < -0.4 is 9.64 Å². The molecule has 1 unspecified atom stereocenters. The molecule has 0 aliphatic carbocycles. The molecule has 0 aromatic heterocycles. The van der Waals surface area contributed by atoms with Crippen molar-refractivity contribution in [1.29, 1.82) is 0 Å². The van der Waals surface area contributed by atoms with Crippen molar-refractivity contribution < 1.29 is 14.3 Å². The van der Waals surface area contributed by atoms with Gasteiger partial charge in [0.2, 0.25) is 0 Å². The van der Waals surface area contributed by atoms with Gasteiger partial charge in [-0.1, -0.05) is 36.7 Å². The Morgan fingerprint density at radius 1 is 1.17 bits per heavy atom. The Labute approximate surface area is 147 Å². The van der Waals surface area contributed by atoms with Crippen molar-refractivity contribution in [3.63, 3.8) is 0 Å². The molecule has 0 N–H and O–H groups in total. The van der Waals surface area contributed by atoms with Crippen LogP contribution in [-0.4, -0.2) is 18.9 Å². The van der Waals surface area contributed by atoms with E-state index in [9.17, 15) is 4.79 Å². The van der Waals surface area contributed by atoms with Gasteiger partial charge in [-0.3, -0.25) is 0 Å². The third-order valence-electron chi connectivity index (χ3n) is 3.72. The molecule has 5 heteroatoms. The Kier molecular flexibility index (Phi) is 6.50. The maximum Gasteiger partial charge on any atom is 0.515 e. The maximum atomic E-state index is 12.0. The van der Waals surface area contributed by atoms with Gasteiger partial charge < -0.3 is 14.4 Å². The van der Waals surface area contributed by atoms with Crippen molar-refractivity contribution in [3.8, 4) is 5.75 Å². The van der Waals surface area contributed by atoms with E-state index >= 15 is 0 Å². The van der Waals surface area contributed by atoms with Crippen LogP contribution in [0.4, 0.5) is 10.5 Å². The Morgan fingerprint density at radius 3 is 2.46 bits per heavy atom. The summed E-state index contributed by atoms with van der Waals surface area (Å²) in [6, 6.07) is 14.8. The standard InChI is InChI=1S/C19H22ClNO3/c1-4-15-9-11-18(12-10-15)24-19(22)23-14(3)21(5-2)17-8-6-7-16(20)13-17/h6-14H,4-5H2,1-3H3. The number of carbonyl (C=O) groups excluding carboxylic acids is 1. The molecule has 0 aliphatic heterocycles. The second kappa shape index (κ2) is 8.60. The van der Waals surface area contributed by atoms with E-state index in [1.807, 2.05) is 42.2 Å².